The van der Waals surface area contributed by atoms with Crippen LogP contribution in [0, 0.1) is 5.92 Å². The molecule has 1 fully saturated rings. The lowest BCUT2D eigenvalue weighted by Crippen LogP contribution is -2.41. The number of morpholine rings is 1. The first-order chi connectivity index (χ1) is 8.70. The van der Waals surface area contributed by atoms with Crippen molar-refractivity contribution in [1.82, 2.24) is 10.2 Å². The molecule has 1 aliphatic heterocycles. The third kappa shape index (κ3) is 6.93. The number of hydrogen-bond donors (Lipinski definition) is 1. The molecule has 1 amide bonds. The Bertz CT molecular complexity index is 228. The fourth-order valence-electron chi connectivity index (χ4n) is 1.75. The van der Waals surface area contributed by atoms with Gasteiger partial charge in [-0.1, -0.05) is 13.8 Å². The average molecular weight is 258 g/mol. The third-order valence-corrected chi connectivity index (χ3v) is 2.75. The van der Waals surface area contributed by atoms with Gasteiger partial charge in [-0.05, 0) is 5.92 Å². The van der Waals surface area contributed by atoms with Gasteiger partial charge >= 0.3 is 0 Å². The highest BCUT2D eigenvalue weighted by Crippen LogP contribution is 1.99. The van der Waals surface area contributed by atoms with Crippen molar-refractivity contribution in [3.05, 3.63) is 0 Å². The van der Waals surface area contributed by atoms with E-state index in [2.05, 4.69) is 19.2 Å². The van der Waals surface area contributed by atoms with E-state index in [4.69, 9.17) is 9.47 Å². The summed E-state index contributed by atoms with van der Waals surface area (Å²) in [4.78, 5) is 13.7. The van der Waals surface area contributed by atoms with E-state index in [1.165, 1.54) is 0 Å². The Morgan fingerprint density at radius 1 is 1.33 bits per heavy atom. The maximum absolute atomic E-state index is 11.8. The SMILES string of the molecule is CC(C)COCCNCCC(=O)N1CCOCC1. The smallest absolute Gasteiger partial charge is 0.224 e. The zero-order valence-electron chi connectivity index (χ0n) is 11.6. The van der Waals surface area contributed by atoms with Crippen LogP contribution in [0.4, 0.5) is 0 Å². The van der Waals surface area contributed by atoms with Crippen LogP contribution < -0.4 is 5.32 Å². The van der Waals surface area contributed by atoms with Gasteiger partial charge in [0, 0.05) is 39.2 Å². The van der Waals surface area contributed by atoms with Crippen molar-refractivity contribution in [2.45, 2.75) is 20.3 Å². The van der Waals surface area contributed by atoms with Crippen LogP contribution in [0.3, 0.4) is 0 Å². The molecule has 0 radical (unpaired) electrons. The van der Waals surface area contributed by atoms with Gasteiger partial charge in [0.05, 0.1) is 19.8 Å². The number of nitrogens with one attached hydrogen (secondary N) is 1. The minimum absolute atomic E-state index is 0.217. The van der Waals surface area contributed by atoms with Crippen LogP contribution in [-0.4, -0.2) is 63.4 Å². The summed E-state index contributed by atoms with van der Waals surface area (Å²) < 4.78 is 10.7. The van der Waals surface area contributed by atoms with Crippen LogP contribution >= 0.6 is 0 Å². The third-order valence-electron chi connectivity index (χ3n) is 2.75. The normalized spacial score (nSPS) is 16.3. The quantitative estimate of drug-likeness (QED) is 0.644. The Balaban J connectivity index is 1.92. The van der Waals surface area contributed by atoms with E-state index in [9.17, 15) is 4.79 Å². The van der Waals surface area contributed by atoms with Crippen LogP contribution in [0.2, 0.25) is 0 Å². The zero-order chi connectivity index (χ0) is 13.2. The molecule has 1 saturated heterocycles. The Kier molecular flexibility index (Phi) is 7.96. The molecule has 5 nitrogen and oxygen atoms in total. The number of hydrogen-bond acceptors (Lipinski definition) is 4. The van der Waals surface area contributed by atoms with Gasteiger partial charge in [0.1, 0.15) is 0 Å². The molecule has 0 saturated carbocycles. The minimum Gasteiger partial charge on any atom is -0.380 e. The van der Waals surface area contributed by atoms with Crippen molar-refractivity contribution in [1.29, 1.82) is 0 Å². The van der Waals surface area contributed by atoms with Crippen molar-refractivity contribution in [3.63, 3.8) is 0 Å². The first kappa shape index (κ1) is 15.4. The number of carbonyl (C=O) groups excluding carboxylic acids is 1. The van der Waals surface area contributed by atoms with E-state index in [1.54, 1.807) is 0 Å². The average Bonchev–Trinajstić information content (AvgIpc) is 2.38. The molecule has 0 spiro atoms. The molecule has 1 rings (SSSR count). The fraction of sp³-hybridized carbons (Fsp3) is 0.923. The van der Waals surface area contributed by atoms with Crippen LogP contribution in [0.15, 0.2) is 0 Å². The highest BCUT2D eigenvalue weighted by Gasteiger charge is 2.15. The monoisotopic (exact) mass is 258 g/mol. The number of amides is 1. The molecule has 0 bridgehead atoms. The van der Waals surface area contributed by atoms with E-state index in [1.807, 2.05) is 4.90 Å². The molecule has 106 valence electrons. The summed E-state index contributed by atoms with van der Waals surface area (Å²) in [6.07, 6.45) is 0.560. The van der Waals surface area contributed by atoms with Gasteiger partial charge in [0.15, 0.2) is 0 Å². The molecule has 1 N–H and O–H groups in total. The van der Waals surface area contributed by atoms with Gasteiger partial charge < -0.3 is 19.7 Å². The van der Waals surface area contributed by atoms with Gasteiger partial charge in [0.2, 0.25) is 5.91 Å². The zero-order valence-corrected chi connectivity index (χ0v) is 11.6. The van der Waals surface area contributed by atoms with Crippen LogP contribution in [0.1, 0.15) is 20.3 Å². The summed E-state index contributed by atoms with van der Waals surface area (Å²) in [5.74, 6) is 0.793. The lowest BCUT2D eigenvalue weighted by Gasteiger charge is -2.26. The number of nitrogens with zero attached hydrogens (tertiary/aromatic N) is 1. The van der Waals surface area contributed by atoms with Gasteiger partial charge in [-0.15, -0.1) is 0 Å². The van der Waals surface area contributed by atoms with Gasteiger partial charge in [-0.3, -0.25) is 4.79 Å². The molecule has 1 heterocycles. The molecule has 18 heavy (non-hydrogen) atoms. The van der Waals surface area contributed by atoms with E-state index in [-0.39, 0.29) is 5.91 Å². The Morgan fingerprint density at radius 3 is 2.72 bits per heavy atom. The van der Waals surface area contributed by atoms with Gasteiger partial charge in [-0.25, -0.2) is 0 Å². The highest BCUT2D eigenvalue weighted by atomic mass is 16.5. The lowest BCUT2D eigenvalue weighted by atomic mass is 10.2. The Morgan fingerprint density at radius 2 is 2.06 bits per heavy atom. The summed E-state index contributed by atoms with van der Waals surface area (Å²) in [5, 5.41) is 3.23. The van der Waals surface area contributed by atoms with E-state index in [0.29, 0.717) is 32.2 Å². The molecule has 0 aromatic heterocycles. The molecule has 0 aromatic rings. The molecule has 0 aromatic carbocycles. The summed E-state index contributed by atoms with van der Waals surface area (Å²) >= 11 is 0. The minimum atomic E-state index is 0.217. The summed E-state index contributed by atoms with van der Waals surface area (Å²) in [6, 6.07) is 0. The maximum atomic E-state index is 11.8. The van der Waals surface area contributed by atoms with Gasteiger partial charge in [-0.2, -0.15) is 0 Å². The molecule has 0 aliphatic carbocycles. The predicted octanol–water partition coefficient (Wildman–Crippen LogP) is 0.498. The maximum Gasteiger partial charge on any atom is 0.224 e. The molecule has 5 heteroatoms. The van der Waals surface area contributed by atoms with Crippen molar-refractivity contribution in [2.75, 3.05) is 52.6 Å². The van der Waals surface area contributed by atoms with Crippen molar-refractivity contribution < 1.29 is 14.3 Å². The first-order valence-corrected chi connectivity index (χ1v) is 6.84. The number of carbonyl (C=O) groups is 1. The number of ether oxygens (including phenoxy) is 2. The van der Waals surface area contributed by atoms with Gasteiger partial charge in [0.25, 0.3) is 0 Å². The second-order valence-electron chi connectivity index (χ2n) is 4.96. The Labute approximate surface area is 110 Å². The molecular formula is C13H26N2O3. The molecule has 0 unspecified atom stereocenters. The van der Waals surface area contributed by atoms with Crippen LogP contribution in [0.5, 0.6) is 0 Å². The van der Waals surface area contributed by atoms with E-state index in [0.717, 1.165) is 32.8 Å². The first-order valence-electron chi connectivity index (χ1n) is 6.84. The largest absolute Gasteiger partial charge is 0.380 e. The number of rotatable bonds is 8. The fourth-order valence-corrected chi connectivity index (χ4v) is 1.75. The Hall–Kier alpha value is -0.650. The second kappa shape index (κ2) is 9.30. The molecule has 1 aliphatic rings. The highest BCUT2D eigenvalue weighted by molar-refractivity contribution is 5.76. The van der Waals surface area contributed by atoms with Crippen molar-refractivity contribution >= 4 is 5.91 Å². The molecular weight excluding hydrogens is 232 g/mol. The van der Waals surface area contributed by atoms with Crippen molar-refractivity contribution in [3.8, 4) is 0 Å². The standard InChI is InChI=1S/C13H26N2O3/c1-12(2)11-18-8-5-14-4-3-13(16)15-6-9-17-10-7-15/h12,14H,3-11H2,1-2H3. The summed E-state index contributed by atoms with van der Waals surface area (Å²) in [7, 11) is 0. The second-order valence-corrected chi connectivity index (χ2v) is 4.96. The van der Waals surface area contributed by atoms with Crippen LogP contribution in [0.25, 0.3) is 0 Å². The van der Waals surface area contributed by atoms with E-state index >= 15 is 0 Å². The van der Waals surface area contributed by atoms with Crippen molar-refractivity contribution in [2.24, 2.45) is 5.92 Å². The topological polar surface area (TPSA) is 50.8 Å². The lowest BCUT2D eigenvalue weighted by molar-refractivity contribution is -0.135. The predicted molar refractivity (Wildman–Crippen MR) is 70.5 cm³/mol. The van der Waals surface area contributed by atoms with Crippen LogP contribution in [-0.2, 0) is 14.3 Å². The van der Waals surface area contributed by atoms with E-state index < -0.39 is 0 Å². The summed E-state index contributed by atoms with van der Waals surface area (Å²) in [6.45, 7) is 10.1. The summed E-state index contributed by atoms with van der Waals surface area (Å²) in [5.41, 5.74) is 0. The molecule has 0 atom stereocenters.